The molecule has 0 unspecified atom stereocenters. The molecule has 35 nitrogen and oxygen atoms in total. The van der Waals surface area contributed by atoms with Crippen molar-refractivity contribution < 1.29 is 117 Å². The Morgan fingerprint density at radius 2 is 1.04 bits per heavy atom. The second-order valence-corrected chi connectivity index (χ2v) is 31.1. The molecule has 6 amide bonds. The highest BCUT2D eigenvalue weighted by molar-refractivity contribution is 5.99. The fourth-order valence-electron chi connectivity index (χ4n) is 13.9. The molecular weight excluding hydrogens is 1520 g/mol. The maximum atomic E-state index is 14.6. The first-order valence-corrected chi connectivity index (χ1v) is 39.8. The molecule has 35 heteroatoms. The number of hydrogen-bond acceptors (Lipinski definition) is 21. The quantitative estimate of drug-likeness (QED) is 0.0161. The average Bonchev–Trinajstić information content (AvgIpc) is 1.71. The molecule has 0 radical (unpaired) electrons. The van der Waals surface area contributed by atoms with Gasteiger partial charge in [-0.05, 0) is 132 Å². The molecule has 17 N–H and O–H groups in total. The van der Waals surface area contributed by atoms with Crippen molar-refractivity contribution in [2.75, 3.05) is 26.3 Å². The number of nitrogens with one attached hydrogen (secondary N) is 6. The topological polar surface area (TPSA) is 587 Å². The number of nitrogens with two attached hydrogens (primary N) is 3. The Kier molecular flexibility index (Phi) is 42.5. The first-order valence-electron chi connectivity index (χ1n) is 39.8. The van der Waals surface area contributed by atoms with E-state index in [0.29, 0.717) is 30.4 Å². The number of guanidine groups is 1. The number of carboxylic acids is 5. The lowest BCUT2D eigenvalue weighted by atomic mass is 9.89. The molecule has 2 aromatic carbocycles. The normalized spacial score (nSPS) is 15.2. The summed E-state index contributed by atoms with van der Waals surface area (Å²) in [6.07, 6.45) is -5.29. The molecule has 1 saturated heterocycles. The van der Waals surface area contributed by atoms with Crippen LogP contribution < -0.4 is 43.8 Å². The van der Waals surface area contributed by atoms with Crippen LogP contribution in [0.15, 0.2) is 59.7 Å². The number of carbonyl (C=O) groups is 18. The van der Waals surface area contributed by atoms with Gasteiger partial charge in [0, 0.05) is 137 Å². The van der Waals surface area contributed by atoms with Crippen molar-refractivity contribution in [2.45, 2.75) is 251 Å². The van der Waals surface area contributed by atoms with Crippen LogP contribution in [-0.2, 0) is 99.1 Å². The molecular formula is C82H117N11O24. The van der Waals surface area contributed by atoms with Crippen LogP contribution in [-0.4, -0.2) is 216 Å². The van der Waals surface area contributed by atoms with Gasteiger partial charge in [-0.3, -0.25) is 91.3 Å². The number of fused-ring (bicyclic) bond motifs is 1. The Balaban J connectivity index is 1.47. The van der Waals surface area contributed by atoms with Gasteiger partial charge in [-0.1, -0.05) is 77.1 Å². The van der Waals surface area contributed by atoms with Gasteiger partial charge in [0.05, 0.1) is 36.3 Å². The Labute approximate surface area is 679 Å². The number of Topliss-reactive ketones (excluding diaryl/α,β-unsaturated/α-hetero) is 7. The molecule has 1 fully saturated rings. The third kappa shape index (κ3) is 36.8. The molecule has 11 atom stereocenters. The van der Waals surface area contributed by atoms with E-state index in [1.807, 2.05) is 65.1 Å². The maximum Gasteiger partial charge on any atom is 0.303 e. The number of aliphatic carboxylic acids is 5. The largest absolute Gasteiger partial charge is 0.481 e. The zero-order chi connectivity index (χ0) is 87.2. The van der Waals surface area contributed by atoms with Crippen LogP contribution in [0, 0.1) is 35.5 Å². The average molecular weight is 1640 g/mol. The summed E-state index contributed by atoms with van der Waals surface area (Å²) in [5.41, 5.74) is 19.8. The van der Waals surface area contributed by atoms with E-state index in [2.05, 4.69) is 36.6 Å². The van der Waals surface area contributed by atoms with Crippen molar-refractivity contribution in [3.05, 3.63) is 71.4 Å². The first-order chi connectivity index (χ1) is 55.2. The molecule has 1 aromatic heterocycles. The van der Waals surface area contributed by atoms with Crippen molar-refractivity contribution in [3.8, 4) is 0 Å². The van der Waals surface area contributed by atoms with E-state index in [0.717, 1.165) is 16.5 Å². The van der Waals surface area contributed by atoms with Crippen LogP contribution in [0.3, 0.4) is 0 Å². The van der Waals surface area contributed by atoms with Gasteiger partial charge >= 0.3 is 29.8 Å². The van der Waals surface area contributed by atoms with Gasteiger partial charge in [-0.15, -0.1) is 0 Å². The molecule has 2 heterocycles. The minimum Gasteiger partial charge on any atom is -0.481 e. The third-order valence-electron chi connectivity index (χ3n) is 20.1. The fraction of sp³-hybridized carbons (Fsp3) is 0.598. The van der Waals surface area contributed by atoms with Gasteiger partial charge in [0.2, 0.25) is 35.4 Å². The summed E-state index contributed by atoms with van der Waals surface area (Å²) in [6, 6.07) is 4.65. The molecule has 4 rings (SSSR count). The van der Waals surface area contributed by atoms with Crippen LogP contribution in [0.1, 0.15) is 217 Å². The number of aromatic nitrogens is 1. The minimum absolute atomic E-state index is 0.0360. The summed E-state index contributed by atoms with van der Waals surface area (Å²) >= 11 is 0. The van der Waals surface area contributed by atoms with Crippen molar-refractivity contribution in [1.29, 1.82) is 0 Å². The number of ether oxygens (including phenoxy) is 1. The molecule has 1 aliphatic rings. The van der Waals surface area contributed by atoms with E-state index in [4.69, 9.17) is 27.0 Å². The number of carbonyl (C=O) groups excluding carboxylic acids is 13. The van der Waals surface area contributed by atoms with Crippen molar-refractivity contribution in [3.63, 3.8) is 0 Å². The molecule has 0 spiro atoms. The highest BCUT2D eigenvalue weighted by Gasteiger charge is 2.40. The number of aromatic amines is 1. The van der Waals surface area contributed by atoms with E-state index in [1.54, 1.807) is 0 Å². The number of rotatable bonds is 60. The molecule has 3 aromatic rings. The van der Waals surface area contributed by atoms with E-state index < -0.39 is 238 Å². The first kappa shape index (κ1) is 98.4. The Bertz CT molecular complexity index is 4000. The number of carboxylic acid groups (broad SMARTS) is 5. The van der Waals surface area contributed by atoms with Gasteiger partial charge in [-0.25, -0.2) is 0 Å². The Morgan fingerprint density at radius 3 is 1.59 bits per heavy atom. The van der Waals surface area contributed by atoms with Crippen LogP contribution >= 0.6 is 0 Å². The maximum absolute atomic E-state index is 14.6. The molecule has 1 aliphatic heterocycles. The molecule has 644 valence electrons. The van der Waals surface area contributed by atoms with E-state index >= 15 is 0 Å². The second-order valence-electron chi connectivity index (χ2n) is 31.1. The Hall–Kier alpha value is -11.0. The van der Waals surface area contributed by atoms with Crippen LogP contribution in [0.4, 0.5) is 0 Å². The van der Waals surface area contributed by atoms with E-state index in [-0.39, 0.29) is 126 Å². The SMILES string of the molecule is CC(=O)c1ccc(C[C@H](NC(=O)[C@@H](CCC(=O)O)CC(=O)[C@@H](CCC(=O)O)NC(=O)[C@@H](CCC(=O)O)CC(=O)[C@@H](CCC(=O)O)NC(=O)[C@H](N)CCC(=O)O)C(=O)CCCOCC(=O)C[C@@H](CCCN=C(N)N)C(=O)N2CCC[C@H]2C(=O)N[C@@H](CC(C)C)C(=O)CCC(=O)N[C@@H](CC(C)C)C(=O)C[C@H](C)Cc2c[nH]c3ccccc23)cc1. The monoisotopic (exact) mass is 1640 g/mol. The fourth-order valence-corrected chi connectivity index (χ4v) is 13.9. The zero-order valence-electron chi connectivity index (χ0n) is 67.5. The number of nitrogens with zero attached hydrogens (tertiary/aromatic N) is 2. The highest BCUT2D eigenvalue weighted by Crippen LogP contribution is 2.28. The van der Waals surface area contributed by atoms with Crippen LogP contribution in [0.25, 0.3) is 10.9 Å². The zero-order valence-corrected chi connectivity index (χ0v) is 67.5. The highest BCUT2D eigenvalue weighted by atomic mass is 16.5. The molecule has 0 bridgehead atoms. The molecule has 0 aliphatic carbocycles. The molecule has 0 saturated carbocycles. The second kappa shape index (κ2) is 50.5. The van der Waals surface area contributed by atoms with Gasteiger partial charge in [0.25, 0.3) is 0 Å². The number of H-pyrrole nitrogens is 1. The lowest BCUT2D eigenvalue weighted by Gasteiger charge is -2.30. The van der Waals surface area contributed by atoms with Crippen molar-refractivity contribution in [1.82, 2.24) is 36.5 Å². The number of aliphatic imine (C=N–C) groups is 1. The predicted molar refractivity (Wildman–Crippen MR) is 425 cm³/mol. The minimum atomic E-state index is -1.81. The summed E-state index contributed by atoms with van der Waals surface area (Å²) < 4.78 is 5.75. The summed E-state index contributed by atoms with van der Waals surface area (Å²) in [5.74, 6) is -20.6. The van der Waals surface area contributed by atoms with E-state index in [1.165, 1.54) is 36.1 Å². The summed E-state index contributed by atoms with van der Waals surface area (Å²) in [7, 11) is 0. The Morgan fingerprint density at radius 1 is 0.530 bits per heavy atom. The lowest BCUT2D eigenvalue weighted by Crippen LogP contribution is -2.52. The number of hydrogen-bond donors (Lipinski definition) is 14. The number of para-hydroxylation sites is 1. The van der Waals surface area contributed by atoms with Crippen LogP contribution in [0.5, 0.6) is 0 Å². The van der Waals surface area contributed by atoms with Gasteiger partial charge < -0.3 is 83.9 Å². The van der Waals surface area contributed by atoms with Gasteiger partial charge in [0.1, 0.15) is 12.6 Å². The number of ketones is 7. The van der Waals surface area contributed by atoms with E-state index in [9.17, 15) is 107 Å². The molecule has 117 heavy (non-hydrogen) atoms. The third-order valence-corrected chi connectivity index (χ3v) is 20.1. The summed E-state index contributed by atoms with van der Waals surface area (Å²) in [5, 5.41) is 61.5. The van der Waals surface area contributed by atoms with Gasteiger partial charge in [-0.2, -0.15) is 0 Å². The number of amides is 6. The van der Waals surface area contributed by atoms with Crippen LogP contribution in [0.2, 0.25) is 0 Å². The van der Waals surface area contributed by atoms with Crippen molar-refractivity contribution in [2.24, 2.45) is 57.7 Å². The predicted octanol–water partition coefficient (Wildman–Crippen LogP) is 4.40. The number of benzene rings is 2. The lowest BCUT2D eigenvalue weighted by molar-refractivity contribution is -0.144. The van der Waals surface area contributed by atoms with Crippen molar-refractivity contribution >= 4 is 123 Å². The summed E-state index contributed by atoms with van der Waals surface area (Å²) in [4.78, 5) is 248. The smallest absolute Gasteiger partial charge is 0.303 e. The number of likely N-dealkylation sites (tertiary alicyclic amines) is 1. The summed E-state index contributed by atoms with van der Waals surface area (Å²) in [6.45, 7) is 10.4. The van der Waals surface area contributed by atoms with Gasteiger partial charge in [0.15, 0.2) is 46.4 Å². The standard InChI is InChI=1S/C82H117N11O24/c1-46(2)36-62(67(97)26-27-71(101)88-63(37-47(3)4)68(98)39-48(5)38-55-44-87-59-14-8-7-13-57(55)59)92-80(115)65-15-10-34-93(65)81(116)54(12-9-33-86-82(84)85)41-56(95)45-117-35-11-16-66(96)64(40-50-17-19-51(20-18-50)49(6)94)91-78(113)53(22-29-73(104)105)43-69(99)60(24-31-75(108)109)89-77(112)52(21-28-72(102)103)42-70(100)61(25-32-76(110)111)90-79(114)58(83)23-30-74(106)107/h7-8,13-14,17-20,44,46-48,52-54,58,60-65,87H,9-12,15-16,21-43,45,83H2,1-6H3,(H,88,101)(H,89,112)(H,90,114)(H,91,113)(H,92,115)(H,102,103)(H,104,105)(H,106,107)(H,108,109)(H,110,111)(H4,84,85,86)/t48-,52+,53+,54-,58-,60-,61-,62+,63+,64+,65+/m1/s1.